The standard InChI is InChI=1S/C18H32S/c1-13(2)9-8-10-14(3)11-12-18(7)16(5)15(4)17(6)19-18/h13-14H,6,8-12H2,1-5,7H3. The van der Waals surface area contributed by atoms with Gasteiger partial charge in [-0.25, -0.2) is 0 Å². The Labute approximate surface area is 125 Å². The van der Waals surface area contributed by atoms with Gasteiger partial charge in [0.2, 0.25) is 0 Å². The molecule has 0 N–H and O–H groups in total. The summed E-state index contributed by atoms with van der Waals surface area (Å²) in [6.07, 6.45) is 6.80. The van der Waals surface area contributed by atoms with Crippen LogP contribution in [0.3, 0.4) is 0 Å². The lowest BCUT2D eigenvalue weighted by Gasteiger charge is -2.27. The third kappa shape index (κ3) is 4.70. The summed E-state index contributed by atoms with van der Waals surface area (Å²) in [5.74, 6) is 1.71. The molecule has 0 aliphatic carbocycles. The van der Waals surface area contributed by atoms with Crippen molar-refractivity contribution in [3.8, 4) is 0 Å². The number of allylic oxidation sites excluding steroid dienone is 1. The molecule has 1 rings (SSSR count). The van der Waals surface area contributed by atoms with E-state index in [0.717, 1.165) is 11.8 Å². The summed E-state index contributed by atoms with van der Waals surface area (Å²) in [6, 6.07) is 0. The number of hydrogen-bond acceptors (Lipinski definition) is 1. The molecular formula is C18H32S. The van der Waals surface area contributed by atoms with Gasteiger partial charge in [-0.2, -0.15) is 0 Å². The maximum Gasteiger partial charge on any atom is 0.0390 e. The van der Waals surface area contributed by atoms with Crippen molar-refractivity contribution in [2.45, 2.75) is 78.4 Å². The SMILES string of the molecule is C=C1SC(C)(CCC(C)CCCC(C)C)C(C)=C1C. The minimum absolute atomic E-state index is 0.313. The third-order valence-electron chi connectivity index (χ3n) is 4.72. The Morgan fingerprint density at radius 3 is 2.21 bits per heavy atom. The van der Waals surface area contributed by atoms with Crippen molar-refractivity contribution in [1.82, 2.24) is 0 Å². The summed E-state index contributed by atoms with van der Waals surface area (Å²) in [5.41, 5.74) is 2.98. The molecular weight excluding hydrogens is 248 g/mol. The number of rotatable bonds is 7. The molecule has 0 bridgehead atoms. The van der Waals surface area contributed by atoms with Crippen molar-refractivity contribution in [3.05, 3.63) is 22.6 Å². The van der Waals surface area contributed by atoms with E-state index in [4.69, 9.17) is 0 Å². The second-order valence-electron chi connectivity index (χ2n) is 6.97. The number of thioether (sulfide) groups is 1. The van der Waals surface area contributed by atoms with Crippen LogP contribution in [0.1, 0.15) is 73.6 Å². The van der Waals surface area contributed by atoms with Crippen LogP contribution in [0.4, 0.5) is 0 Å². The van der Waals surface area contributed by atoms with E-state index >= 15 is 0 Å². The maximum atomic E-state index is 4.18. The van der Waals surface area contributed by atoms with E-state index in [9.17, 15) is 0 Å². The zero-order valence-electron chi connectivity index (χ0n) is 13.8. The molecule has 0 aromatic carbocycles. The van der Waals surface area contributed by atoms with E-state index in [1.54, 1.807) is 5.57 Å². The molecule has 0 saturated heterocycles. The molecule has 2 atom stereocenters. The highest BCUT2D eigenvalue weighted by molar-refractivity contribution is 8.05. The van der Waals surface area contributed by atoms with Gasteiger partial charge in [0, 0.05) is 9.65 Å². The van der Waals surface area contributed by atoms with Crippen LogP contribution in [0.2, 0.25) is 0 Å². The largest absolute Gasteiger partial charge is 0.115 e. The van der Waals surface area contributed by atoms with Crippen molar-refractivity contribution < 1.29 is 0 Å². The normalized spacial score (nSPS) is 25.5. The first-order valence-corrected chi connectivity index (χ1v) is 8.64. The van der Waals surface area contributed by atoms with E-state index in [-0.39, 0.29) is 0 Å². The van der Waals surface area contributed by atoms with Crippen molar-refractivity contribution in [3.63, 3.8) is 0 Å². The molecule has 1 aliphatic rings. The van der Waals surface area contributed by atoms with Crippen LogP contribution in [-0.2, 0) is 0 Å². The van der Waals surface area contributed by atoms with Crippen LogP contribution in [0, 0.1) is 11.8 Å². The smallest absolute Gasteiger partial charge is 0.0390 e. The van der Waals surface area contributed by atoms with Crippen molar-refractivity contribution in [2.24, 2.45) is 11.8 Å². The van der Waals surface area contributed by atoms with Crippen LogP contribution >= 0.6 is 11.8 Å². The molecule has 0 spiro atoms. The fourth-order valence-electron chi connectivity index (χ4n) is 2.81. The molecule has 1 heterocycles. The molecule has 1 aliphatic heterocycles. The Kier molecular flexibility index (Phi) is 6.23. The van der Waals surface area contributed by atoms with E-state index in [2.05, 4.69) is 48.1 Å². The quantitative estimate of drug-likeness (QED) is 0.507. The van der Waals surface area contributed by atoms with Gasteiger partial charge in [0.15, 0.2) is 0 Å². The summed E-state index contributed by atoms with van der Waals surface area (Å²) in [7, 11) is 0. The second-order valence-corrected chi connectivity index (χ2v) is 8.57. The first kappa shape index (κ1) is 16.9. The van der Waals surface area contributed by atoms with E-state index in [1.165, 1.54) is 42.6 Å². The molecule has 0 nitrogen and oxygen atoms in total. The summed E-state index contributed by atoms with van der Waals surface area (Å²) in [5, 5.41) is 0. The lowest BCUT2D eigenvalue weighted by Crippen LogP contribution is -2.19. The van der Waals surface area contributed by atoms with Gasteiger partial charge in [-0.05, 0) is 51.0 Å². The van der Waals surface area contributed by atoms with Gasteiger partial charge in [-0.3, -0.25) is 0 Å². The highest BCUT2D eigenvalue weighted by Gasteiger charge is 2.35. The highest BCUT2D eigenvalue weighted by atomic mass is 32.2. The van der Waals surface area contributed by atoms with Crippen LogP contribution in [-0.4, -0.2) is 4.75 Å². The first-order chi connectivity index (χ1) is 8.76. The van der Waals surface area contributed by atoms with Gasteiger partial charge in [-0.1, -0.05) is 52.2 Å². The highest BCUT2D eigenvalue weighted by Crippen LogP contribution is 2.51. The van der Waals surface area contributed by atoms with Crippen molar-refractivity contribution in [2.75, 3.05) is 0 Å². The Bertz CT molecular complexity index is 351. The molecule has 0 aromatic heterocycles. The predicted octanol–water partition coefficient (Wildman–Crippen LogP) is 6.58. The van der Waals surface area contributed by atoms with E-state index < -0.39 is 0 Å². The van der Waals surface area contributed by atoms with Crippen LogP contribution in [0.15, 0.2) is 22.6 Å². The molecule has 110 valence electrons. The van der Waals surface area contributed by atoms with Crippen LogP contribution < -0.4 is 0 Å². The molecule has 19 heavy (non-hydrogen) atoms. The summed E-state index contributed by atoms with van der Waals surface area (Å²) < 4.78 is 0.313. The zero-order chi connectivity index (χ0) is 14.6. The van der Waals surface area contributed by atoms with Crippen LogP contribution in [0.5, 0.6) is 0 Å². The van der Waals surface area contributed by atoms with E-state index in [0.29, 0.717) is 4.75 Å². The van der Waals surface area contributed by atoms with Crippen molar-refractivity contribution >= 4 is 11.8 Å². The Morgan fingerprint density at radius 1 is 1.11 bits per heavy atom. The molecule has 0 amide bonds. The Morgan fingerprint density at radius 2 is 1.74 bits per heavy atom. The maximum absolute atomic E-state index is 4.18. The summed E-state index contributed by atoms with van der Waals surface area (Å²) in [4.78, 5) is 1.28. The number of hydrogen-bond donors (Lipinski definition) is 0. The molecule has 0 saturated carbocycles. The monoisotopic (exact) mass is 280 g/mol. The zero-order valence-corrected chi connectivity index (χ0v) is 14.6. The Hall–Kier alpha value is -0.170. The van der Waals surface area contributed by atoms with Gasteiger partial charge in [0.1, 0.15) is 0 Å². The molecule has 1 heteroatoms. The van der Waals surface area contributed by atoms with Gasteiger partial charge in [0.05, 0.1) is 0 Å². The Balaban J connectivity index is 2.38. The topological polar surface area (TPSA) is 0 Å². The fourth-order valence-corrected chi connectivity index (χ4v) is 4.19. The predicted molar refractivity (Wildman–Crippen MR) is 90.6 cm³/mol. The second kappa shape index (κ2) is 7.02. The lowest BCUT2D eigenvalue weighted by molar-refractivity contribution is 0.415. The lowest BCUT2D eigenvalue weighted by atomic mass is 9.88. The molecule has 0 fully saturated rings. The van der Waals surface area contributed by atoms with E-state index in [1.807, 2.05) is 11.8 Å². The average molecular weight is 281 g/mol. The average Bonchev–Trinajstić information content (AvgIpc) is 2.51. The third-order valence-corrected chi connectivity index (χ3v) is 6.23. The minimum atomic E-state index is 0.313. The van der Waals surface area contributed by atoms with Gasteiger partial charge < -0.3 is 0 Å². The van der Waals surface area contributed by atoms with Crippen molar-refractivity contribution in [1.29, 1.82) is 0 Å². The van der Waals surface area contributed by atoms with Gasteiger partial charge in [-0.15, -0.1) is 11.8 Å². The van der Waals surface area contributed by atoms with Gasteiger partial charge >= 0.3 is 0 Å². The molecule has 2 unspecified atom stereocenters. The molecule has 0 radical (unpaired) electrons. The van der Waals surface area contributed by atoms with Crippen LogP contribution in [0.25, 0.3) is 0 Å². The molecule has 0 aromatic rings. The summed E-state index contributed by atoms with van der Waals surface area (Å²) >= 11 is 1.99. The van der Waals surface area contributed by atoms with Gasteiger partial charge in [0.25, 0.3) is 0 Å². The summed E-state index contributed by atoms with van der Waals surface area (Å²) in [6.45, 7) is 18.2. The first-order valence-electron chi connectivity index (χ1n) is 7.82. The fraction of sp³-hybridized carbons (Fsp3) is 0.778. The minimum Gasteiger partial charge on any atom is -0.115 e.